The van der Waals surface area contributed by atoms with Crippen LogP contribution < -0.4 is 10.5 Å². The summed E-state index contributed by atoms with van der Waals surface area (Å²) >= 11 is -0.0230. The van der Waals surface area contributed by atoms with E-state index in [-0.39, 0.29) is 24.2 Å². The first-order valence-electron chi connectivity index (χ1n) is 10.6. The van der Waals surface area contributed by atoms with Crippen LogP contribution in [0.2, 0.25) is 0 Å². The number of aliphatic hydroxyl groups is 1. The molecule has 1 fully saturated rings. The van der Waals surface area contributed by atoms with Gasteiger partial charge in [0.05, 0.1) is 12.3 Å². The minimum atomic E-state index is -1.04. The van der Waals surface area contributed by atoms with Crippen LogP contribution in [0.3, 0.4) is 0 Å². The Morgan fingerprint density at radius 2 is 2.10 bits per heavy atom. The summed E-state index contributed by atoms with van der Waals surface area (Å²) in [4.78, 5) is 15.4. The van der Waals surface area contributed by atoms with Crippen LogP contribution in [0.4, 0.5) is 9.70 Å². The Kier molecular flexibility index (Phi) is 6.89. The van der Waals surface area contributed by atoms with E-state index in [9.17, 15) is 8.99 Å². The summed E-state index contributed by atoms with van der Waals surface area (Å²) in [6.07, 6.45) is 6.38. The van der Waals surface area contributed by atoms with Gasteiger partial charge in [-0.15, -0.1) is 3.89 Å². The van der Waals surface area contributed by atoms with Gasteiger partial charge in [0.25, 0.3) is 0 Å². The highest BCUT2D eigenvalue weighted by atomic mass is 32.2. The van der Waals surface area contributed by atoms with Crippen LogP contribution in [-0.2, 0) is 6.54 Å². The van der Waals surface area contributed by atoms with E-state index < -0.39 is 6.10 Å². The summed E-state index contributed by atoms with van der Waals surface area (Å²) in [5, 5.41) is 11.0. The molecule has 4 heterocycles. The molecule has 0 bridgehead atoms. The van der Waals surface area contributed by atoms with Crippen molar-refractivity contribution in [3.05, 3.63) is 41.3 Å². The van der Waals surface area contributed by atoms with Crippen LogP contribution in [0.15, 0.2) is 24.5 Å². The van der Waals surface area contributed by atoms with Gasteiger partial charge in [-0.1, -0.05) is 19.4 Å². The molecule has 1 aliphatic heterocycles. The van der Waals surface area contributed by atoms with E-state index >= 15 is 0 Å². The van der Waals surface area contributed by atoms with E-state index in [1.54, 1.807) is 6.20 Å². The first-order chi connectivity index (χ1) is 15.1. The predicted octanol–water partition coefficient (Wildman–Crippen LogP) is 3.65. The molecule has 0 spiro atoms. The van der Waals surface area contributed by atoms with E-state index in [1.807, 2.05) is 12.1 Å². The van der Waals surface area contributed by atoms with Gasteiger partial charge in [0.15, 0.2) is 18.2 Å². The second-order valence-corrected chi connectivity index (χ2v) is 8.27. The van der Waals surface area contributed by atoms with Gasteiger partial charge in [0.1, 0.15) is 17.1 Å². The number of anilines is 1. The molecule has 1 aliphatic rings. The highest BCUT2D eigenvalue weighted by molar-refractivity contribution is 7.92. The highest BCUT2D eigenvalue weighted by Gasteiger charge is 2.23. The Labute approximate surface area is 185 Å². The van der Waals surface area contributed by atoms with Crippen LogP contribution in [0.25, 0.3) is 11.0 Å². The zero-order valence-corrected chi connectivity index (χ0v) is 18.3. The number of aromatic nitrogens is 4. The van der Waals surface area contributed by atoms with Crippen molar-refractivity contribution in [1.82, 2.24) is 23.8 Å². The van der Waals surface area contributed by atoms with Crippen molar-refractivity contribution >= 4 is 29.2 Å². The molecule has 4 rings (SSSR count). The highest BCUT2D eigenvalue weighted by Crippen LogP contribution is 2.35. The minimum absolute atomic E-state index is 0.0230. The molecular weight excluding hydrogens is 419 g/mol. The Morgan fingerprint density at radius 3 is 2.77 bits per heavy atom. The average molecular weight is 447 g/mol. The Balaban J connectivity index is 1.62. The number of aliphatic hydroxyl groups excluding tert-OH is 1. The predicted molar refractivity (Wildman–Crippen MR) is 119 cm³/mol. The smallest absolute Gasteiger partial charge is 0.319 e. The zero-order chi connectivity index (χ0) is 21.8. The number of fused-ring (bicyclic) bond motifs is 1. The molecule has 8 nitrogen and oxygen atoms in total. The molecule has 1 saturated heterocycles. The number of unbranched alkanes of at least 4 members (excludes halogenated alkanes) is 1. The molecule has 3 N–H and O–H groups in total. The van der Waals surface area contributed by atoms with Gasteiger partial charge in [-0.25, -0.2) is 0 Å². The number of nitrogen functional groups attached to an aromatic ring is 1. The normalized spacial score (nSPS) is 15.6. The third kappa shape index (κ3) is 4.76. The molecule has 31 heavy (non-hydrogen) atoms. The second-order valence-electron chi connectivity index (χ2n) is 7.74. The molecule has 0 aliphatic carbocycles. The van der Waals surface area contributed by atoms with E-state index in [0.29, 0.717) is 28.8 Å². The quantitative estimate of drug-likeness (QED) is 0.480. The molecule has 10 heteroatoms. The molecular formula is C21H27FN6O2S. The maximum atomic E-state index is 13.5. The molecule has 3 aromatic rings. The second kappa shape index (κ2) is 9.80. The minimum Gasteiger partial charge on any atom is -0.463 e. The van der Waals surface area contributed by atoms with Crippen LogP contribution in [0, 0.1) is 0 Å². The van der Waals surface area contributed by atoms with Gasteiger partial charge in [-0.3, -0.25) is 13.9 Å². The van der Waals surface area contributed by atoms with Gasteiger partial charge in [0, 0.05) is 30.1 Å². The molecule has 0 saturated carbocycles. The van der Waals surface area contributed by atoms with Crippen molar-refractivity contribution in [3.8, 4) is 6.01 Å². The molecule has 3 aromatic heterocycles. The summed E-state index contributed by atoms with van der Waals surface area (Å²) in [7, 11) is 0. The Bertz CT molecular complexity index is 1020. The average Bonchev–Trinajstić information content (AvgIpc) is 3.42. The summed E-state index contributed by atoms with van der Waals surface area (Å²) in [5.41, 5.74) is 8.70. The lowest BCUT2D eigenvalue weighted by Crippen LogP contribution is -2.19. The lowest BCUT2D eigenvalue weighted by molar-refractivity contribution is 0.221. The topological polar surface area (TPSA) is 102 Å². The molecule has 0 radical (unpaired) electrons. The number of nitrogens with two attached hydrogens (primary N) is 1. The molecule has 166 valence electrons. The number of hydrogen-bond donors (Lipinski definition) is 2. The molecule has 0 amide bonds. The van der Waals surface area contributed by atoms with Crippen molar-refractivity contribution in [2.24, 2.45) is 0 Å². The van der Waals surface area contributed by atoms with Crippen molar-refractivity contribution in [2.45, 2.75) is 45.3 Å². The number of likely N-dealkylation sites (tertiary alicyclic amines) is 1. The van der Waals surface area contributed by atoms with Crippen LogP contribution in [0.5, 0.6) is 6.01 Å². The summed E-state index contributed by atoms with van der Waals surface area (Å²) in [5.74, 6) is 0.0965. The third-order valence-electron chi connectivity index (χ3n) is 5.49. The molecule has 1 atom stereocenters. The number of halogens is 1. The van der Waals surface area contributed by atoms with Crippen LogP contribution in [-0.4, -0.2) is 48.6 Å². The summed E-state index contributed by atoms with van der Waals surface area (Å²) in [6, 6.07) is 3.88. The van der Waals surface area contributed by atoms with Crippen molar-refractivity contribution < 1.29 is 13.7 Å². The molecule has 0 aromatic carbocycles. The molecule has 1 unspecified atom stereocenters. The van der Waals surface area contributed by atoms with E-state index in [0.717, 1.165) is 38.2 Å². The fraction of sp³-hybridized carbons (Fsp3) is 0.476. The summed E-state index contributed by atoms with van der Waals surface area (Å²) in [6.45, 7) is 5.50. The van der Waals surface area contributed by atoms with Gasteiger partial charge in [0.2, 0.25) is 0 Å². The largest absolute Gasteiger partial charge is 0.463 e. The Hall–Kier alpha value is -2.43. The fourth-order valence-electron chi connectivity index (χ4n) is 3.79. The maximum absolute atomic E-state index is 13.5. The van der Waals surface area contributed by atoms with Gasteiger partial charge in [-0.2, -0.15) is 9.97 Å². The van der Waals surface area contributed by atoms with Gasteiger partial charge < -0.3 is 15.6 Å². The Morgan fingerprint density at radius 1 is 1.29 bits per heavy atom. The van der Waals surface area contributed by atoms with Crippen LogP contribution in [0.1, 0.15) is 55.5 Å². The number of hydrogen-bond acceptors (Lipinski definition) is 8. The number of rotatable bonds is 9. The fourth-order valence-corrected chi connectivity index (χ4v) is 4.19. The first-order valence-corrected chi connectivity index (χ1v) is 11.2. The van der Waals surface area contributed by atoms with Crippen LogP contribution >= 0.6 is 12.3 Å². The standard InChI is InChI=1S/C21H27FN6O2S/c1-2-3-10-30-21-25-17-16(13-28(31-22)18(17)20(23)26-21)19(29)14-6-7-15(24-11-14)12-27-8-4-5-9-27/h6-7,11,13,19,29H,2-5,8-10,12H2,1H3,(H2,23,25,26). The van der Waals surface area contributed by atoms with Crippen molar-refractivity contribution in [1.29, 1.82) is 0 Å². The number of ether oxygens (including phenoxy) is 1. The van der Waals surface area contributed by atoms with Gasteiger partial charge in [-0.05, 0) is 38.4 Å². The van der Waals surface area contributed by atoms with Gasteiger partial charge >= 0.3 is 6.01 Å². The lowest BCUT2D eigenvalue weighted by atomic mass is 10.0. The SMILES string of the molecule is CCCCOc1nc(N)c2c(n1)c(C(O)c1ccc(CN3CCCC3)nc1)cn2SF. The van der Waals surface area contributed by atoms with E-state index in [4.69, 9.17) is 10.5 Å². The lowest BCUT2D eigenvalue weighted by Gasteiger charge is -2.15. The monoisotopic (exact) mass is 446 g/mol. The first kappa shape index (κ1) is 21.8. The number of nitrogens with zero attached hydrogens (tertiary/aromatic N) is 5. The zero-order valence-electron chi connectivity index (χ0n) is 17.5. The van der Waals surface area contributed by atoms with Crippen molar-refractivity contribution in [2.75, 3.05) is 25.4 Å². The third-order valence-corrected chi connectivity index (χ3v) is 5.92. The maximum Gasteiger partial charge on any atom is 0.319 e. The van der Waals surface area contributed by atoms with Crippen molar-refractivity contribution in [3.63, 3.8) is 0 Å². The van der Waals surface area contributed by atoms with E-state index in [1.165, 1.54) is 23.0 Å². The summed E-state index contributed by atoms with van der Waals surface area (Å²) < 4.78 is 20.4. The number of pyridine rings is 1. The van der Waals surface area contributed by atoms with E-state index in [2.05, 4.69) is 26.8 Å².